The molecule has 4 nitrogen and oxygen atoms in total. The van der Waals surface area contributed by atoms with Gasteiger partial charge < -0.3 is 15.5 Å². The molecule has 0 saturated heterocycles. The van der Waals surface area contributed by atoms with E-state index >= 15 is 0 Å². The second-order valence-electron chi connectivity index (χ2n) is 14.4. The molecule has 4 heteroatoms. The zero-order valence-corrected chi connectivity index (χ0v) is 32.3. The number of hydrogen-bond acceptors (Lipinski definition) is 3. The van der Waals surface area contributed by atoms with Gasteiger partial charge in [0, 0.05) is 6.42 Å². The molecule has 0 aliphatic rings. The van der Waals surface area contributed by atoms with E-state index in [-0.39, 0.29) is 12.5 Å². The standard InChI is InChI=1S/C44H83NO3/c1-3-5-7-9-11-13-15-17-19-21-22-24-26-28-30-32-34-36-38-40-44(48)45-42(41-46)43(47)39-37-35-33-31-29-27-25-23-20-18-16-14-12-10-8-6-4-2/h17,19,29,31,37,39,42-43,46-47H,3-16,18,20-28,30,32-36,38,40-41H2,1-2H3,(H,45,48)/b19-17-,31-29+,39-37+. The Kier molecular flexibility index (Phi) is 38.9. The summed E-state index contributed by atoms with van der Waals surface area (Å²) < 4.78 is 0. The van der Waals surface area contributed by atoms with Crippen molar-refractivity contribution >= 4 is 5.91 Å². The summed E-state index contributed by atoms with van der Waals surface area (Å²) in [5, 5.41) is 23.0. The highest BCUT2D eigenvalue weighted by atomic mass is 16.3. The van der Waals surface area contributed by atoms with Gasteiger partial charge in [0.25, 0.3) is 0 Å². The zero-order chi connectivity index (χ0) is 35.0. The van der Waals surface area contributed by atoms with Crippen LogP contribution in [0, 0.1) is 0 Å². The largest absolute Gasteiger partial charge is 0.394 e. The fourth-order valence-corrected chi connectivity index (χ4v) is 6.31. The van der Waals surface area contributed by atoms with Crippen LogP contribution in [0.2, 0.25) is 0 Å². The van der Waals surface area contributed by atoms with Crippen molar-refractivity contribution < 1.29 is 15.0 Å². The van der Waals surface area contributed by atoms with Gasteiger partial charge in [-0.3, -0.25) is 4.79 Å². The number of rotatable bonds is 38. The quantitative estimate of drug-likeness (QED) is 0.0451. The highest BCUT2D eigenvalue weighted by Gasteiger charge is 2.17. The number of aliphatic hydroxyl groups is 2. The van der Waals surface area contributed by atoms with E-state index in [0.717, 1.165) is 32.1 Å². The van der Waals surface area contributed by atoms with Crippen LogP contribution < -0.4 is 5.32 Å². The molecule has 0 aromatic heterocycles. The predicted octanol–water partition coefficient (Wildman–Crippen LogP) is 13.0. The monoisotopic (exact) mass is 674 g/mol. The van der Waals surface area contributed by atoms with Crippen LogP contribution in [0.25, 0.3) is 0 Å². The number of carbonyl (C=O) groups is 1. The highest BCUT2D eigenvalue weighted by Crippen LogP contribution is 2.14. The molecule has 0 rings (SSSR count). The molecular weight excluding hydrogens is 590 g/mol. The second kappa shape index (κ2) is 40.0. The van der Waals surface area contributed by atoms with Crippen LogP contribution in [0.3, 0.4) is 0 Å². The summed E-state index contributed by atoms with van der Waals surface area (Å²) >= 11 is 0. The van der Waals surface area contributed by atoms with E-state index in [9.17, 15) is 15.0 Å². The van der Waals surface area contributed by atoms with Crippen molar-refractivity contribution in [2.45, 2.75) is 231 Å². The Morgan fingerprint density at radius 1 is 0.479 bits per heavy atom. The fourth-order valence-electron chi connectivity index (χ4n) is 6.31. The highest BCUT2D eigenvalue weighted by molar-refractivity contribution is 5.76. The first-order valence-corrected chi connectivity index (χ1v) is 21.2. The molecule has 0 fully saturated rings. The molecule has 0 bridgehead atoms. The van der Waals surface area contributed by atoms with Gasteiger partial charge in [0.1, 0.15) is 0 Å². The van der Waals surface area contributed by atoms with E-state index < -0.39 is 12.1 Å². The summed E-state index contributed by atoms with van der Waals surface area (Å²) in [5.41, 5.74) is 0. The van der Waals surface area contributed by atoms with E-state index in [0.29, 0.717) is 6.42 Å². The maximum atomic E-state index is 12.4. The average molecular weight is 674 g/mol. The molecule has 2 unspecified atom stereocenters. The van der Waals surface area contributed by atoms with Gasteiger partial charge in [-0.05, 0) is 57.8 Å². The molecule has 0 spiro atoms. The van der Waals surface area contributed by atoms with Crippen molar-refractivity contribution in [3.05, 3.63) is 36.5 Å². The molecular formula is C44H83NO3. The minimum absolute atomic E-state index is 0.0761. The van der Waals surface area contributed by atoms with E-state index in [4.69, 9.17) is 0 Å². The molecule has 2 atom stereocenters. The maximum Gasteiger partial charge on any atom is 0.220 e. The first-order chi connectivity index (χ1) is 23.7. The zero-order valence-electron chi connectivity index (χ0n) is 32.3. The molecule has 0 heterocycles. The molecule has 0 saturated carbocycles. The van der Waals surface area contributed by atoms with Crippen LogP contribution in [0.4, 0.5) is 0 Å². The molecule has 0 radical (unpaired) electrons. The molecule has 0 aliphatic carbocycles. The van der Waals surface area contributed by atoms with Gasteiger partial charge in [0.15, 0.2) is 0 Å². The summed E-state index contributed by atoms with van der Waals surface area (Å²) in [7, 11) is 0. The molecule has 0 aromatic carbocycles. The summed E-state index contributed by atoms with van der Waals surface area (Å²) in [4.78, 5) is 12.4. The Morgan fingerprint density at radius 3 is 1.21 bits per heavy atom. The van der Waals surface area contributed by atoms with Crippen molar-refractivity contribution in [1.82, 2.24) is 5.32 Å². The van der Waals surface area contributed by atoms with Gasteiger partial charge in [-0.1, -0.05) is 192 Å². The lowest BCUT2D eigenvalue weighted by molar-refractivity contribution is -0.123. The van der Waals surface area contributed by atoms with Crippen molar-refractivity contribution in [2.24, 2.45) is 0 Å². The smallest absolute Gasteiger partial charge is 0.220 e. The van der Waals surface area contributed by atoms with Crippen molar-refractivity contribution in [2.75, 3.05) is 6.61 Å². The normalized spacial score (nSPS) is 13.3. The topological polar surface area (TPSA) is 69.6 Å². The molecule has 48 heavy (non-hydrogen) atoms. The van der Waals surface area contributed by atoms with Gasteiger partial charge in [0.2, 0.25) is 5.91 Å². The number of allylic oxidation sites excluding steroid dienone is 5. The lowest BCUT2D eigenvalue weighted by Gasteiger charge is -2.19. The number of aliphatic hydroxyl groups excluding tert-OH is 2. The molecule has 282 valence electrons. The van der Waals surface area contributed by atoms with Crippen LogP contribution in [-0.2, 0) is 4.79 Å². The van der Waals surface area contributed by atoms with Crippen LogP contribution >= 0.6 is 0 Å². The Bertz CT molecular complexity index is 731. The number of hydrogen-bond donors (Lipinski definition) is 3. The van der Waals surface area contributed by atoms with Crippen molar-refractivity contribution in [1.29, 1.82) is 0 Å². The molecule has 0 aliphatic heterocycles. The van der Waals surface area contributed by atoms with Gasteiger partial charge in [-0.2, -0.15) is 0 Å². The SMILES string of the molecule is CCCCCCCC/C=C\CCCCCCCCCCCC(=O)NC(CO)C(O)/C=C/CC/C=C/CCCCCCCCCCCCC. The third-order valence-corrected chi connectivity index (χ3v) is 9.60. The number of carbonyl (C=O) groups excluding carboxylic acids is 1. The van der Waals surface area contributed by atoms with Gasteiger partial charge in [0.05, 0.1) is 18.8 Å². The van der Waals surface area contributed by atoms with Gasteiger partial charge >= 0.3 is 0 Å². The van der Waals surface area contributed by atoms with E-state index in [1.54, 1.807) is 6.08 Å². The van der Waals surface area contributed by atoms with Crippen LogP contribution in [0.15, 0.2) is 36.5 Å². The Labute approximate surface area is 300 Å². The summed E-state index contributed by atoms with van der Waals surface area (Å²) in [5.74, 6) is -0.0761. The average Bonchev–Trinajstić information content (AvgIpc) is 3.09. The van der Waals surface area contributed by atoms with E-state index in [1.807, 2.05) is 6.08 Å². The lowest BCUT2D eigenvalue weighted by Crippen LogP contribution is -2.45. The van der Waals surface area contributed by atoms with Gasteiger partial charge in [-0.15, -0.1) is 0 Å². The lowest BCUT2D eigenvalue weighted by atomic mass is 10.0. The summed E-state index contributed by atoms with van der Waals surface area (Å²) in [6.07, 6.45) is 52.4. The Hall–Kier alpha value is -1.39. The minimum atomic E-state index is -0.861. The maximum absolute atomic E-state index is 12.4. The molecule has 1 amide bonds. The minimum Gasteiger partial charge on any atom is -0.394 e. The Balaban J connectivity index is 3.62. The first-order valence-electron chi connectivity index (χ1n) is 21.2. The fraction of sp³-hybridized carbons (Fsp3) is 0.841. The number of amides is 1. The third-order valence-electron chi connectivity index (χ3n) is 9.60. The summed E-state index contributed by atoms with van der Waals surface area (Å²) in [6, 6.07) is -0.638. The van der Waals surface area contributed by atoms with Crippen LogP contribution in [0.5, 0.6) is 0 Å². The third kappa shape index (κ3) is 35.9. The van der Waals surface area contributed by atoms with Crippen LogP contribution in [-0.4, -0.2) is 34.9 Å². The predicted molar refractivity (Wildman–Crippen MR) is 212 cm³/mol. The summed E-state index contributed by atoms with van der Waals surface area (Å²) in [6.45, 7) is 4.29. The molecule has 3 N–H and O–H groups in total. The van der Waals surface area contributed by atoms with Crippen molar-refractivity contribution in [3.63, 3.8) is 0 Å². The van der Waals surface area contributed by atoms with E-state index in [2.05, 4.69) is 43.5 Å². The van der Waals surface area contributed by atoms with E-state index in [1.165, 1.54) is 167 Å². The first kappa shape index (κ1) is 46.6. The van der Waals surface area contributed by atoms with Crippen molar-refractivity contribution in [3.8, 4) is 0 Å². The van der Waals surface area contributed by atoms with Gasteiger partial charge in [-0.25, -0.2) is 0 Å². The number of nitrogens with one attached hydrogen (secondary N) is 1. The Morgan fingerprint density at radius 2 is 0.812 bits per heavy atom. The number of unbranched alkanes of at least 4 members (excludes halogenated alkanes) is 27. The molecule has 0 aromatic rings. The second-order valence-corrected chi connectivity index (χ2v) is 14.4. The van der Waals surface area contributed by atoms with Crippen LogP contribution in [0.1, 0.15) is 219 Å².